The molecule has 0 fully saturated rings. The summed E-state index contributed by atoms with van der Waals surface area (Å²) in [5.74, 6) is 0.545. The molecule has 6 nitrogen and oxygen atoms in total. The second kappa shape index (κ2) is 6.36. The quantitative estimate of drug-likeness (QED) is 0.554. The molecule has 17 heavy (non-hydrogen) atoms. The molecular formula is C11H18N2O4. The summed E-state index contributed by atoms with van der Waals surface area (Å²) in [5, 5.41) is 1.70. The van der Waals surface area contributed by atoms with Crippen molar-refractivity contribution in [2.45, 2.75) is 26.4 Å². The molecule has 1 atom stereocenters. The number of hydrogen-bond acceptors (Lipinski definition) is 6. The Morgan fingerprint density at radius 1 is 1.65 bits per heavy atom. The van der Waals surface area contributed by atoms with Crippen molar-refractivity contribution < 1.29 is 18.8 Å². The Balaban J connectivity index is 2.57. The van der Waals surface area contributed by atoms with Crippen LogP contribution >= 0.6 is 0 Å². The minimum Gasteiger partial charge on any atom is -0.469 e. The lowest BCUT2D eigenvalue weighted by molar-refractivity contribution is -0.180. The topological polar surface area (TPSA) is 64.8 Å². The number of carbonyl (C=O) groups is 1. The van der Waals surface area contributed by atoms with Gasteiger partial charge in [0.05, 0.1) is 13.3 Å². The number of carbonyl (C=O) groups excluding carboxylic acids is 1. The molecule has 0 N–H and O–H groups in total. The van der Waals surface area contributed by atoms with Gasteiger partial charge >= 0.3 is 5.97 Å². The van der Waals surface area contributed by atoms with Crippen molar-refractivity contribution in [2.75, 3.05) is 20.7 Å². The summed E-state index contributed by atoms with van der Waals surface area (Å²) < 4.78 is 9.93. The standard InChI is InChI=1S/C11H18N2O4/c1-5-13(3)17-8(2)9-7-12-10(16-9)6-11(14)15-4/h7-8H,5-6H2,1-4H3. The van der Waals surface area contributed by atoms with Gasteiger partial charge in [0.25, 0.3) is 0 Å². The summed E-state index contributed by atoms with van der Waals surface area (Å²) in [5.41, 5.74) is 0. The molecule has 0 bridgehead atoms. The van der Waals surface area contributed by atoms with Crippen LogP contribution in [-0.2, 0) is 20.8 Å². The van der Waals surface area contributed by atoms with Crippen LogP contribution in [0.15, 0.2) is 10.6 Å². The number of rotatable bonds is 6. The molecule has 0 aliphatic carbocycles. The van der Waals surface area contributed by atoms with Crippen molar-refractivity contribution in [3.63, 3.8) is 0 Å². The Bertz CT molecular complexity index is 364. The molecule has 1 aromatic heterocycles. The number of esters is 1. The molecule has 0 saturated heterocycles. The van der Waals surface area contributed by atoms with Gasteiger partial charge < -0.3 is 9.15 Å². The van der Waals surface area contributed by atoms with E-state index in [1.807, 2.05) is 20.9 Å². The van der Waals surface area contributed by atoms with Gasteiger partial charge in [-0.05, 0) is 6.92 Å². The largest absolute Gasteiger partial charge is 0.469 e. The van der Waals surface area contributed by atoms with Crippen LogP contribution < -0.4 is 0 Å². The van der Waals surface area contributed by atoms with Crippen LogP contribution in [0.2, 0.25) is 0 Å². The Labute approximate surface area is 100 Å². The van der Waals surface area contributed by atoms with Gasteiger partial charge in [0.1, 0.15) is 12.5 Å². The van der Waals surface area contributed by atoms with Crippen molar-refractivity contribution in [1.29, 1.82) is 0 Å². The zero-order chi connectivity index (χ0) is 12.8. The highest BCUT2D eigenvalue weighted by Crippen LogP contribution is 2.18. The fraction of sp³-hybridized carbons (Fsp3) is 0.636. The Kier molecular flexibility index (Phi) is 5.11. The molecule has 1 aromatic rings. The molecule has 6 heteroatoms. The molecule has 96 valence electrons. The highest BCUT2D eigenvalue weighted by atomic mass is 16.7. The van der Waals surface area contributed by atoms with E-state index in [1.54, 1.807) is 11.3 Å². The fourth-order valence-corrected chi connectivity index (χ4v) is 1.19. The van der Waals surface area contributed by atoms with Gasteiger partial charge in [-0.3, -0.25) is 9.63 Å². The number of oxazole rings is 1. The number of hydrogen-bond donors (Lipinski definition) is 0. The van der Waals surface area contributed by atoms with Crippen molar-refractivity contribution >= 4 is 5.97 Å². The van der Waals surface area contributed by atoms with Crippen LogP contribution in [0.3, 0.4) is 0 Å². The first kappa shape index (κ1) is 13.7. The third-order valence-corrected chi connectivity index (χ3v) is 2.28. The van der Waals surface area contributed by atoms with Gasteiger partial charge in [-0.25, -0.2) is 4.98 Å². The van der Waals surface area contributed by atoms with Crippen LogP contribution in [0.1, 0.15) is 31.6 Å². The molecule has 0 aliphatic rings. The zero-order valence-corrected chi connectivity index (χ0v) is 10.6. The summed E-state index contributed by atoms with van der Waals surface area (Å²) in [6.45, 7) is 4.61. The SMILES string of the molecule is CCN(C)OC(C)c1cnc(CC(=O)OC)o1. The summed E-state index contributed by atoms with van der Waals surface area (Å²) in [4.78, 5) is 20.5. The van der Waals surface area contributed by atoms with E-state index in [4.69, 9.17) is 9.25 Å². The predicted molar refractivity (Wildman–Crippen MR) is 60.0 cm³/mol. The first-order valence-electron chi connectivity index (χ1n) is 5.46. The van der Waals surface area contributed by atoms with Gasteiger partial charge in [-0.1, -0.05) is 6.92 Å². The Morgan fingerprint density at radius 2 is 2.35 bits per heavy atom. The van der Waals surface area contributed by atoms with E-state index in [0.29, 0.717) is 11.7 Å². The fourth-order valence-electron chi connectivity index (χ4n) is 1.19. The van der Waals surface area contributed by atoms with Crippen molar-refractivity contribution in [1.82, 2.24) is 10.0 Å². The van der Waals surface area contributed by atoms with Gasteiger partial charge in [-0.2, -0.15) is 5.06 Å². The lowest BCUT2D eigenvalue weighted by atomic mass is 10.3. The normalized spacial score (nSPS) is 12.8. The summed E-state index contributed by atoms with van der Waals surface area (Å²) in [6, 6.07) is 0. The van der Waals surface area contributed by atoms with E-state index in [0.717, 1.165) is 6.54 Å². The van der Waals surface area contributed by atoms with Crippen LogP contribution in [0, 0.1) is 0 Å². The Morgan fingerprint density at radius 3 is 2.94 bits per heavy atom. The molecule has 0 aromatic carbocycles. The molecule has 1 heterocycles. The predicted octanol–water partition coefficient (Wildman–Crippen LogP) is 1.33. The lowest BCUT2D eigenvalue weighted by Gasteiger charge is -2.18. The Hall–Kier alpha value is -1.40. The average Bonchev–Trinajstić information content (AvgIpc) is 2.77. The highest BCUT2D eigenvalue weighted by molar-refractivity contribution is 5.71. The van der Waals surface area contributed by atoms with E-state index in [2.05, 4.69) is 9.72 Å². The molecule has 0 saturated carbocycles. The smallest absolute Gasteiger partial charge is 0.314 e. The molecular weight excluding hydrogens is 224 g/mol. The van der Waals surface area contributed by atoms with E-state index in [-0.39, 0.29) is 18.5 Å². The number of hydroxylamine groups is 2. The third-order valence-electron chi connectivity index (χ3n) is 2.28. The first-order chi connectivity index (χ1) is 8.06. The number of ether oxygens (including phenoxy) is 1. The molecule has 0 spiro atoms. The van der Waals surface area contributed by atoms with Crippen LogP contribution in [0.25, 0.3) is 0 Å². The molecule has 1 rings (SSSR count). The van der Waals surface area contributed by atoms with E-state index < -0.39 is 0 Å². The minimum atomic E-state index is -0.377. The summed E-state index contributed by atoms with van der Waals surface area (Å²) >= 11 is 0. The lowest BCUT2D eigenvalue weighted by Crippen LogP contribution is -2.20. The minimum absolute atomic E-state index is 0.0346. The maximum absolute atomic E-state index is 11.0. The molecule has 1 unspecified atom stereocenters. The first-order valence-corrected chi connectivity index (χ1v) is 5.46. The monoisotopic (exact) mass is 242 g/mol. The van der Waals surface area contributed by atoms with Crippen LogP contribution in [0.5, 0.6) is 0 Å². The average molecular weight is 242 g/mol. The second-order valence-electron chi connectivity index (χ2n) is 3.60. The number of aromatic nitrogens is 1. The van der Waals surface area contributed by atoms with Gasteiger partial charge in [0.2, 0.25) is 5.89 Å². The van der Waals surface area contributed by atoms with Gasteiger partial charge in [-0.15, -0.1) is 0 Å². The van der Waals surface area contributed by atoms with E-state index >= 15 is 0 Å². The maximum atomic E-state index is 11.0. The number of nitrogens with zero attached hydrogens (tertiary/aromatic N) is 2. The van der Waals surface area contributed by atoms with Gasteiger partial charge in [0.15, 0.2) is 5.76 Å². The highest BCUT2D eigenvalue weighted by Gasteiger charge is 2.16. The van der Waals surface area contributed by atoms with Crippen molar-refractivity contribution in [3.05, 3.63) is 17.8 Å². The summed E-state index contributed by atoms with van der Waals surface area (Å²) in [6.07, 6.45) is 1.36. The second-order valence-corrected chi connectivity index (χ2v) is 3.60. The van der Waals surface area contributed by atoms with Crippen LogP contribution in [-0.4, -0.2) is 36.7 Å². The van der Waals surface area contributed by atoms with Gasteiger partial charge in [0, 0.05) is 13.6 Å². The number of methoxy groups -OCH3 is 1. The summed E-state index contributed by atoms with van der Waals surface area (Å²) in [7, 11) is 3.16. The molecule has 0 radical (unpaired) electrons. The van der Waals surface area contributed by atoms with E-state index in [1.165, 1.54) is 7.11 Å². The van der Waals surface area contributed by atoms with E-state index in [9.17, 15) is 4.79 Å². The molecule has 0 aliphatic heterocycles. The van der Waals surface area contributed by atoms with Crippen LogP contribution in [0.4, 0.5) is 0 Å². The van der Waals surface area contributed by atoms with Crippen molar-refractivity contribution in [2.24, 2.45) is 0 Å². The third kappa shape index (κ3) is 4.16. The van der Waals surface area contributed by atoms with Crippen molar-refractivity contribution in [3.8, 4) is 0 Å². The zero-order valence-electron chi connectivity index (χ0n) is 10.6. The molecule has 0 amide bonds. The maximum Gasteiger partial charge on any atom is 0.314 e.